The third-order valence-electron chi connectivity index (χ3n) is 5.22. The number of carbonyl (C=O) groups is 1. The van der Waals surface area contributed by atoms with E-state index in [0.717, 1.165) is 6.42 Å². The number of hydrogen-bond donors (Lipinski definition) is 2. The molecule has 1 aromatic rings. The Hall–Kier alpha value is -1.44. The summed E-state index contributed by atoms with van der Waals surface area (Å²) in [4.78, 5) is 18.6. The minimum absolute atomic E-state index is 0.0509. The molecule has 3 heterocycles. The summed E-state index contributed by atoms with van der Waals surface area (Å²) >= 11 is 0. The number of aromatic nitrogens is 2. The first-order valence-electron chi connectivity index (χ1n) is 8.20. The van der Waals surface area contributed by atoms with Gasteiger partial charge >= 0.3 is 0 Å². The Kier molecular flexibility index (Phi) is 4.44. The van der Waals surface area contributed by atoms with Gasteiger partial charge in [-0.1, -0.05) is 0 Å². The number of carbonyl (C=O) groups excluding carboxylic acids is 1. The Balaban J connectivity index is 1.74. The number of likely N-dealkylation sites (N-methyl/N-ethyl adjacent to an activating group) is 1. The van der Waals surface area contributed by atoms with Crippen molar-refractivity contribution in [1.29, 1.82) is 0 Å². The van der Waals surface area contributed by atoms with E-state index in [2.05, 4.69) is 10.3 Å². The van der Waals surface area contributed by atoms with Crippen molar-refractivity contribution in [3.05, 3.63) is 18.2 Å². The maximum Gasteiger partial charge on any atom is 0.289 e. The number of ether oxygens (including phenoxy) is 1. The zero-order chi connectivity index (χ0) is 16.6. The first kappa shape index (κ1) is 16.4. The Bertz CT molecular complexity index is 571. The lowest BCUT2D eigenvalue weighted by Crippen LogP contribution is -2.51. The summed E-state index contributed by atoms with van der Waals surface area (Å²) < 4.78 is 7.75. The lowest BCUT2D eigenvalue weighted by atomic mass is 9.82. The van der Waals surface area contributed by atoms with Crippen molar-refractivity contribution in [2.75, 3.05) is 26.7 Å². The third-order valence-corrected chi connectivity index (χ3v) is 5.22. The van der Waals surface area contributed by atoms with E-state index in [-0.39, 0.29) is 24.0 Å². The number of aryl methyl sites for hydroxylation is 1. The fourth-order valence-corrected chi connectivity index (χ4v) is 3.79. The maximum atomic E-state index is 12.7. The standard InChI is InChI=1S/C16H26N4O3/c1-16(22)8-11-9-20(15(21)14-18-5-7-19(14)3)6-4-12(11)23-10-13(16)17-2/h5,7,11-13,17,22H,4,6,8-10H2,1-3H3/t11-,12+,13+,16+/m0/s1. The number of rotatable bonds is 2. The van der Waals surface area contributed by atoms with Crippen LogP contribution in [0.15, 0.2) is 12.4 Å². The number of nitrogens with one attached hydrogen (secondary N) is 1. The Morgan fingerprint density at radius 2 is 2.35 bits per heavy atom. The molecule has 0 spiro atoms. The van der Waals surface area contributed by atoms with Gasteiger partial charge in [0.15, 0.2) is 5.82 Å². The molecule has 1 amide bonds. The summed E-state index contributed by atoms with van der Waals surface area (Å²) in [6, 6.07) is -0.0909. The molecule has 0 unspecified atom stereocenters. The summed E-state index contributed by atoms with van der Waals surface area (Å²) in [5, 5.41) is 13.9. The van der Waals surface area contributed by atoms with E-state index in [1.807, 2.05) is 25.9 Å². The molecule has 0 radical (unpaired) electrons. The van der Waals surface area contributed by atoms with Gasteiger partial charge in [0, 0.05) is 38.4 Å². The normalized spacial score (nSPS) is 34.8. The van der Waals surface area contributed by atoms with Crippen LogP contribution in [0.2, 0.25) is 0 Å². The largest absolute Gasteiger partial charge is 0.388 e. The van der Waals surface area contributed by atoms with Crippen LogP contribution < -0.4 is 5.32 Å². The highest BCUT2D eigenvalue weighted by Gasteiger charge is 2.43. The van der Waals surface area contributed by atoms with Crippen LogP contribution in [0.5, 0.6) is 0 Å². The van der Waals surface area contributed by atoms with E-state index in [0.29, 0.717) is 31.9 Å². The van der Waals surface area contributed by atoms with Gasteiger partial charge in [-0.05, 0) is 26.8 Å². The molecule has 4 atom stereocenters. The van der Waals surface area contributed by atoms with Crippen LogP contribution in [0.1, 0.15) is 30.4 Å². The fourth-order valence-electron chi connectivity index (χ4n) is 3.79. The van der Waals surface area contributed by atoms with E-state index in [1.165, 1.54) is 0 Å². The molecule has 2 fully saturated rings. The van der Waals surface area contributed by atoms with E-state index in [9.17, 15) is 9.90 Å². The lowest BCUT2D eigenvalue weighted by Gasteiger charge is -2.38. The second-order valence-electron chi connectivity index (χ2n) is 6.94. The van der Waals surface area contributed by atoms with Crippen LogP contribution in [0.3, 0.4) is 0 Å². The number of likely N-dealkylation sites (tertiary alicyclic amines) is 1. The van der Waals surface area contributed by atoms with Crippen molar-refractivity contribution in [3.8, 4) is 0 Å². The Morgan fingerprint density at radius 3 is 3.00 bits per heavy atom. The molecule has 128 valence electrons. The molecule has 0 aromatic carbocycles. The number of hydrogen-bond acceptors (Lipinski definition) is 5. The number of aliphatic hydroxyl groups is 1. The van der Waals surface area contributed by atoms with Gasteiger partial charge in [0.2, 0.25) is 0 Å². The summed E-state index contributed by atoms with van der Waals surface area (Å²) in [6.07, 6.45) is 4.93. The van der Waals surface area contributed by atoms with Crippen LogP contribution in [-0.4, -0.2) is 70.0 Å². The second kappa shape index (κ2) is 6.22. The monoisotopic (exact) mass is 322 g/mol. The van der Waals surface area contributed by atoms with Crippen molar-refractivity contribution < 1.29 is 14.6 Å². The molecule has 0 saturated carbocycles. The smallest absolute Gasteiger partial charge is 0.289 e. The topological polar surface area (TPSA) is 79.6 Å². The van der Waals surface area contributed by atoms with Crippen molar-refractivity contribution in [1.82, 2.24) is 19.8 Å². The van der Waals surface area contributed by atoms with Crippen LogP contribution in [0, 0.1) is 5.92 Å². The number of amides is 1. The highest BCUT2D eigenvalue weighted by Crippen LogP contribution is 2.33. The molecule has 2 saturated heterocycles. The van der Waals surface area contributed by atoms with Crippen molar-refractivity contribution in [2.24, 2.45) is 13.0 Å². The van der Waals surface area contributed by atoms with Gasteiger partial charge in [-0.3, -0.25) is 4.79 Å². The van der Waals surface area contributed by atoms with Gasteiger partial charge in [0.05, 0.1) is 24.4 Å². The van der Waals surface area contributed by atoms with Gasteiger partial charge < -0.3 is 24.6 Å². The second-order valence-corrected chi connectivity index (χ2v) is 6.94. The van der Waals surface area contributed by atoms with Crippen molar-refractivity contribution in [3.63, 3.8) is 0 Å². The van der Waals surface area contributed by atoms with E-state index >= 15 is 0 Å². The molecule has 0 bridgehead atoms. The number of piperidine rings is 1. The lowest BCUT2D eigenvalue weighted by molar-refractivity contribution is -0.0220. The number of fused-ring (bicyclic) bond motifs is 1. The number of imidazole rings is 1. The van der Waals surface area contributed by atoms with Gasteiger partial charge in [0.1, 0.15) is 0 Å². The highest BCUT2D eigenvalue weighted by atomic mass is 16.5. The zero-order valence-corrected chi connectivity index (χ0v) is 14.0. The number of nitrogens with zero attached hydrogens (tertiary/aromatic N) is 3. The molecule has 3 rings (SSSR count). The first-order chi connectivity index (χ1) is 10.9. The van der Waals surface area contributed by atoms with Crippen LogP contribution in [-0.2, 0) is 11.8 Å². The molecule has 0 aliphatic carbocycles. The van der Waals surface area contributed by atoms with Gasteiger partial charge in [-0.15, -0.1) is 0 Å². The van der Waals surface area contributed by atoms with E-state index in [1.54, 1.807) is 17.0 Å². The SMILES string of the molecule is CN[C@@H]1CO[C@@H]2CCN(C(=O)c3nccn3C)C[C@@H]2C[C@@]1(C)O. The van der Waals surface area contributed by atoms with Crippen molar-refractivity contribution in [2.45, 2.75) is 37.5 Å². The van der Waals surface area contributed by atoms with Crippen LogP contribution in [0.4, 0.5) is 0 Å². The molecule has 2 aliphatic heterocycles. The summed E-state index contributed by atoms with van der Waals surface area (Å²) in [6.45, 7) is 3.61. The molecule has 1 aromatic heterocycles. The predicted molar refractivity (Wildman–Crippen MR) is 85.0 cm³/mol. The Morgan fingerprint density at radius 1 is 1.57 bits per heavy atom. The summed E-state index contributed by atoms with van der Waals surface area (Å²) in [5.74, 6) is 0.546. The average Bonchev–Trinajstić information content (AvgIpc) is 2.88. The third kappa shape index (κ3) is 3.13. The Labute approximate surface area is 136 Å². The van der Waals surface area contributed by atoms with Gasteiger partial charge in [-0.2, -0.15) is 0 Å². The van der Waals surface area contributed by atoms with E-state index < -0.39 is 5.60 Å². The quantitative estimate of drug-likeness (QED) is 0.802. The molecule has 7 nitrogen and oxygen atoms in total. The summed E-state index contributed by atoms with van der Waals surface area (Å²) in [5.41, 5.74) is -0.844. The highest BCUT2D eigenvalue weighted by molar-refractivity contribution is 5.90. The minimum atomic E-state index is -0.844. The zero-order valence-electron chi connectivity index (χ0n) is 14.0. The average molecular weight is 322 g/mol. The minimum Gasteiger partial charge on any atom is -0.388 e. The van der Waals surface area contributed by atoms with Crippen LogP contribution >= 0.6 is 0 Å². The van der Waals surface area contributed by atoms with Crippen molar-refractivity contribution >= 4 is 5.91 Å². The molecular weight excluding hydrogens is 296 g/mol. The molecule has 2 N–H and O–H groups in total. The van der Waals surface area contributed by atoms with E-state index in [4.69, 9.17) is 4.74 Å². The molecule has 23 heavy (non-hydrogen) atoms. The van der Waals surface area contributed by atoms with Gasteiger partial charge in [0.25, 0.3) is 5.91 Å². The molecule has 7 heteroatoms. The molecular formula is C16H26N4O3. The first-order valence-corrected chi connectivity index (χ1v) is 8.20. The predicted octanol–water partition coefficient (Wildman–Crippen LogP) is 0.0101. The van der Waals surface area contributed by atoms with Crippen LogP contribution in [0.25, 0.3) is 0 Å². The molecule has 2 aliphatic rings. The summed E-state index contributed by atoms with van der Waals surface area (Å²) in [7, 11) is 3.67. The maximum absolute atomic E-state index is 12.7. The fraction of sp³-hybridized carbons (Fsp3) is 0.750. The van der Waals surface area contributed by atoms with Gasteiger partial charge in [-0.25, -0.2) is 4.98 Å².